The lowest BCUT2D eigenvalue weighted by Crippen LogP contribution is -2.44. The third-order valence-electron chi connectivity index (χ3n) is 4.19. The van der Waals surface area contributed by atoms with Crippen LogP contribution in [0.1, 0.15) is 58.8 Å². The lowest BCUT2D eigenvalue weighted by molar-refractivity contribution is -0.173. The Morgan fingerprint density at radius 1 is 1.30 bits per heavy atom. The number of rotatable bonds is 6. The molecule has 2 aliphatic rings. The van der Waals surface area contributed by atoms with Crippen molar-refractivity contribution in [3.05, 3.63) is 0 Å². The molecule has 0 aromatic rings. The maximum atomic E-state index is 11.8. The van der Waals surface area contributed by atoms with Gasteiger partial charge in [-0.05, 0) is 26.2 Å². The standard InChI is InChI=1S/C15H22O5/c1-3-4-11(16)6-8-13(17)19-12-7-5-10-9-15(12,2)20-14(10)18/h10,12H,3-9H2,1-2H3. The molecule has 0 radical (unpaired) electrons. The van der Waals surface area contributed by atoms with Crippen LogP contribution in [-0.4, -0.2) is 29.4 Å². The SMILES string of the molecule is CCCC(=O)CCC(=O)OC1CCC2CC1(C)OC2=O. The molecule has 2 fully saturated rings. The van der Waals surface area contributed by atoms with Gasteiger partial charge in [-0.2, -0.15) is 0 Å². The van der Waals surface area contributed by atoms with Crippen LogP contribution in [0.3, 0.4) is 0 Å². The van der Waals surface area contributed by atoms with E-state index in [1.165, 1.54) is 0 Å². The summed E-state index contributed by atoms with van der Waals surface area (Å²) in [6.07, 6.45) is 3.27. The van der Waals surface area contributed by atoms with Gasteiger partial charge < -0.3 is 9.47 Å². The van der Waals surface area contributed by atoms with Crippen LogP contribution in [0.15, 0.2) is 0 Å². The second kappa shape index (κ2) is 5.94. The van der Waals surface area contributed by atoms with Gasteiger partial charge in [0.2, 0.25) is 0 Å². The highest BCUT2D eigenvalue weighted by Gasteiger charge is 2.53. The Balaban J connectivity index is 1.82. The van der Waals surface area contributed by atoms with E-state index in [2.05, 4.69) is 0 Å². The summed E-state index contributed by atoms with van der Waals surface area (Å²) >= 11 is 0. The van der Waals surface area contributed by atoms with Crippen LogP contribution in [0.5, 0.6) is 0 Å². The summed E-state index contributed by atoms with van der Waals surface area (Å²) in [5.41, 5.74) is -0.677. The van der Waals surface area contributed by atoms with E-state index in [1.54, 1.807) is 0 Å². The molecule has 1 aliphatic carbocycles. The van der Waals surface area contributed by atoms with Crippen LogP contribution in [0, 0.1) is 5.92 Å². The smallest absolute Gasteiger partial charge is 0.309 e. The zero-order valence-electron chi connectivity index (χ0n) is 12.1. The van der Waals surface area contributed by atoms with E-state index in [4.69, 9.17) is 9.47 Å². The number of ether oxygens (including phenoxy) is 2. The first kappa shape index (κ1) is 15.0. The highest BCUT2D eigenvalue weighted by Crippen LogP contribution is 2.43. The molecule has 1 aliphatic heterocycles. The summed E-state index contributed by atoms with van der Waals surface area (Å²) in [5, 5.41) is 0. The third-order valence-corrected chi connectivity index (χ3v) is 4.19. The Kier molecular flexibility index (Phi) is 4.45. The molecule has 112 valence electrons. The molecule has 0 amide bonds. The van der Waals surface area contributed by atoms with Crippen molar-refractivity contribution in [1.82, 2.24) is 0 Å². The van der Waals surface area contributed by atoms with Gasteiger partial charge in [0, 0.05) is 19.3 Å². The Labute approximate surface area is 119 Å². The minimum Gasteiger partial charge on any atom is -0.458 e. The van der Waals surface area contributed by atoms with Crippen molar-refractivity contribution in [3.8, 4) is 0 Å². The van der Waals surface area contributed by atoms with Gasteiger partial charge in [0.05, 0.1) is 12.3 Å². The molecular formula is C15H22O5. The van der Waals surface area contributed by atoms with Crippen molar-refractivity contribution in [3.63, 3.8) is 0 Å². The summed E-state index contributed by atoms with van der Waals surface area (Å²) in [4.78, 5) is 34.8. The second-order valence-electron chi connectivity index (χ2n) is 5.98. The Bertz CT molecular complexity index is 416. The van der Waals surface area contributed by atoms with Crippen molar-refractivity contribution in [1.29, 1.82) is 0 Å². The van der Waals surface area contributed by atoms with Crippen LogP contribution in [0.25, 0.3) is 0 Å². The highest BCUT2D eigenvalue weighted by molar-refractivity contribution is 5.83. The molecular weight excluding hydrogens is 260 g/mol. The van der Waals surface area contributed by atoms with E-state index < -0.39 is 5.60 Å². The molecule has 5 nitrogen and oxygen atoms in total. The van der Waals surface area contributed by atoms with Gasteiger partial charge in [-0.15, -0.1) is 0 Å². The van der Waals surface area contributed by atoms with Gasteiger partial charge in [0.15, 0.2) is 0 Å². The predicted octanol–water partition coefficient (Wildman–Crippen LogP) is 2.16. The van der Waals surface area contributed by atoms with Crippen LogP contribution >= 0.6 is 0 Å². The molecule has 20 heavy (non-hydrogen) atoms. The largest absolute Gasteiger partial charge is 0.458 e. The van der Waals surface area contributed by atoms with E-state index in [0.717, 1.165) is 6.42 Å². The van der Waals surface area contributed by atoms with Crippen LogP contribution in [-0.2, 0) is 23.9 Å². The van der Waals surface area contributed by atoms with E-state index in [9.17, 15) is 14.4 Å². The van der Waals surface area contributed by atoms with Gasteiger partial charge in [0.25, 0.3) is 0 Å². The summed E-state index contributed by atoms with van der Waals surface area (Å²) in [5.74, 6) is -0.501. The molecule has 3 unspecified atom stereocenters. The van der Waals surface area contributed by atoms with Crippen LogP contribution in [0.2, 0.25) is 0 Å². The minimum absolute atomic E-state index is 0.0407. The van der Waals surface area contributed by atoms with E-state index in [0.29, 0.717) is 25.7 Å². The van der Waals surface area contributed by atoms with E-state index >= 15 is 0 Å². The second-order valence-corrected chi connectivity index (χ2v) is 5.98. The quantitative estimate of drug-likeness (QED) is 0.698. The van der Waals surface area contributed by atoms with Gasteiger partial charge in [-0.3, -0.25) is 14.4 Å². The highest BCUT2D eigenvalue weighted by atomic mass is 16.6. The summed E-state index contributed by atoms with van der Waals surface area (Å²) < 4.78 is 10.8. The van der Waals surface area contributed by atoms with E-state index in [1.807, 2.05) is 13.8 Å². The third kappa shape index (κ3) is 3.19. The molecule has 1 saturated heterocycles. The molecule has 2 rings (SSSR count). The van der Waals surface area contributed by atoms with Gasteiger partial charge in [-0.1, -0.05) is 6.92 Å². The molecule has 0 N–H and O–H groups in total. The summed E-state index contributed by atoms with van der Waals surface area (Å²) in [6.45, 7) is 3.76. The topological polar surface area (TPSA) is 69.7 Å². The number of carbonyl (C=O) groups is 3. The van der Waals surface area contributed by atoms with Crippen molar-refractivity contribution >= 4 is 17.7 Å². The number of hydrogen-bond donors (Lipinski definition) is 0. The maximum Gasteiger partial charge on any atom is 0.309 e. The Morgan fingerprint density at radius 2 is 2.05 bits per heavy atom. The first-order valence-corrected chi connectivity index (χ1v) is 7.38. The Morgan fingerprint density at radius 3 is 2.75 bits per heavy atom. The van der Waals surface area contributed by atoms with Crippen LogP contribution in [0.4, 0.5) is 0 Å². The molecule has 1 saturated carbocycles. The number of fused-ring (bicyclic) bond motifs is 2. The lowest BCUT2D eigenvalue weighted by Gasteiger charge is -2.34. The number of ketones is 1. The van der Waals surface area contributed by atoms with Gasteiger partial charge in [-0.25, -0.2) is 0 Å². The minimum atomic E-state index is -0.677. The monoisotopic (exact) mass is 282 g/mol. The molecule has 1 heterocycles. The molecule has 3 atom stereocenters. The number of carbonyl (C=O) groups excluding carboxylic acids is 3. The fourth-order valence-corrected chi connectivity index (χ4v) is 3.05. The number of esters is 2. The van der Waals surface area contributed by atoms with Crippen molar-refractivity contribution in [2.24, 2.45) is 5.92 Å². The average molecular weight is 282 g/mol. The normalized spacial score (nSPS) is 31.8. The zero-order chi connectivity index (χ0) is 14.8. The van der Waals surface area contributed by atoms with Gasteiger partial charge in [0.1, 0.15) is 17.5 Å². The number of hydrogen-bond acceptors (Lipinski definition) is 5. The molecule has 0 aromatic carbocycles. The van der Waals surface area contributed by atoms with Crippen molar-refractivity contribution < 1.29 is 23.9 Å². The number of Topliss-reactive ketones (excluding diaryl/α,β-unsaturated/α-hetero) is 1. The van der Waals surface area contributed by atoms with Crippen molar-refractivity contribution in [2.75, 3.05) is 0 Å². The first-order chi connectivity index (χ1) is 9.44. The summed E-state index contributed by atoms with van der Waals surface area (Å²) in [6, 6.07) is 0. The average Bonchev–Trinajstić information content (AvgIpc) is 2.62. The maximum absolute atomic E-state index is 11.8. The van der Waals surface area contributed by atoms with Gasteiger partial charge >= 0.3 is 11.9 Å². The fourth-order valence-electron chi connectivity index (χ4n) is 3.05. The fraction of sp³-hybridized carbons (Fsp3) is 0.800. The first-order valence-electron chi connectivity index (χ1n) is 7.38. The Hall–Kier alpha value is -1.39. The molecule has 0 spiro atoms. The van der Waals surface area contributed by atoms with Crippen molar-refractivity contribution in [2.45, 2.75) is 70.5 Å². The van der Waals surface area contributed by atoms with E-state index in [-0.39, 0.29) is 42.6 Å². The molecule has 5 heteroatoms. The van der Waals surface area contributed by atoms with Crippen LogP contribution < -0.4 is 0 Å². The molecule has 2 bridgehead atoms. The summed E-state index contributed by atoms with van der Waals surface area (Å²) in [7, 11) is 0. The molecule has 0 aromatic heterocycles. The zero-order valence-corrected chi connectivity index (χ0v) is 12.1. The predicted molar refractivity (Wildman–Crippen MR) is 70.9 cm³/mol. The lowest BCUT2D eigenvalue weighted by atomic mass is 9.80.